The summed E-state index contributed by atoms with van der Waals surface area (Å²) in [5.41, 5.74) is 2.78. The zero-order valence-electron chi connectivity index (χ0n) is 8.15. The van der Waals surface area contributed by atoms with Crippen LogP contribution in [0.2, 0.25) is 0 Å². The summed E-state index contributed by atoms with van der Waals surface area (Å²) in [5.74, 6) is 0. The molecule has 0 fully saturated rings. The Bertz CT molecular complexity index is 204. The van der Waals surface area contributed by atoms with Crippen molar-refractivity contribution in [3.05, 3.63) is 23.5 Å². The van der Waals surface area contributed by atoms with Crippen molar-refractivity contribution in [2.75, 3.05) is 0 Å². The summed E-state index contributed by atoms with van der Waals surface area (Å²) < 4.78 is 0. The molecule has 0 aromatic heterocycles. The average Bonchev–Trinajstić information content (AvgIpc) is 2.47. The standard InChI is InChI=1S/C10H18N2/c1-4-8(2)5-6-10-7-11-9(3)12-10/h4,7,9,11-12H,5-6H2,1-3H3/b8-4+. The Morgan fingerprint density at radius 2 is 2.42 bits per heavy atom. The molecule has 1 aliphatic rings. The fourth-order valence-electron chi connectivity index (χ4n) is 1.21. The fourth-order valence-corrected chi connectivity index (χ4v) is 1.21. The van der Waals surface area contributed by atoms with Crippen molar-refractivity contribution in [2.45, 2.75) is 39.8 Å². The first-order valence-electron chi connectivity index (χ1n) is 4.56. The summed E-state index contributed by atoms with van der Waals surface area (Å²) in [4.78, 5) is 0. The van der Waals surface area contributed by atoms with Crippen LogP contribution >= 0.6 is 0 Å². The molecule has 0 saturated carbocycles. The zero-order valence-corrected chi connectivity index (χ0v) is 8.15. The second-order valence-corrected chi connectivity index (χ2v) is 3.34. The van der Waals surface area contributed by atoms with Gasteiger partial charge in [-0.05, 0) is 33.6 Å². The Morgan fingerprint density at radius 1 is 1.67 bits per heavy atom. The van der Waals surface area contributed by atoms with Crippen molar-refractivity contribution < 1.29 is 0 Å². The Labute approximate surface area is 74.7 Å². The predicted octanol–water partition coefficient (Wildman–Crippen LogP) is 2.11. The summed E-state index contributed by atoms with van der Waals surface area (Å²) in [6, 6.07) is 0. The number of hydrogen-bond donors (Lipinski definition) is 2. The maximum absolute atomic E-state index is 3.36. The van der Waals surface area contributed by atoms with E-state index in [1.165, 1.54) is 11.3 Å². The number of nitrogens with one attached hydrogen (secondary N) is 2. The molecule has 1 unspecified atom stereocenters. The fraction of sp³-hybridized carbons (Fsp3) is 0.600. The Balaban J connectivity index is 2.25. The van der Waals surface area contributed by atoms with E-state index in [0.29, 0.717) is 6.17 Å². The Morgan fingerprint density at radius 3 is 2.92 bits per heavy atom. The van der Waals surface area contributed by atoms with Gasteiger partial charge in [-0.15, -0.1) is 0 Å². The molecule has 0 bridgehead atoms. The molecule has 1 aliphatic heterocycles. The summed E-state index contributed by atoms with van der Waals surface area (Å²) >= 11 is 0. The van der Waals surface area contributed by atoms with Crippen LogP contribution in [-0.4, -0.2) is 6.17 Å². The van der Waals surface area contributed by atoms with Crippen LogP contribution in [-0.2, 0) is 0 Å². The molecule has 0 aliphatic carbocycles. The molecule has 1 rings (SSSR count). The molecule has 2 N–H and O–H groups in total. The topological polar surface area (TPSA) is 24.1 Å². The first kappa shape index (κ1) is 9.17. The lowest BCUT2D eigenvalue weighted by molar-refractivity contribution is 0.601. The van der Waals surface area contributed by atoms with Crippen molar-refractivity contribution in [1.29, 1.82) is 0 Å². The highest BCUT2D eigenvalue weighted by Gasteiger charge is 2.08. The van der Waals surface area contributed by atoms with Gasteiger partial charge in [-0.25, -0.2) is 0 Å². The first-order valence-corrected chi connectivity index (χ1v) is 4.56. The highest BCUT2D eigenvalue weighted by Crippen LogP contribution is 2.11. The third-order valence-corrected chi connectivity index (χ3v) is 2.19. The Hall–Kier alpha value is -0.920. The summed E-state index contributed by atoms with van der Waals surface area (Å²) in [7, 11) is 0. The van der Waals surface area contributed by atoms with Gasteiger partial charge in [0.05, 0.1) is 6.17 Å². The quantitative estimate of drug-likeness (QED) is 0.627. The normalized spacial score (nSPS) is 23.1. The van der Waals surface area contributed by atoms with Gasteiger partial charge in [-0.2, -0.15) is 0 Å². The molecule has 0 radical (unpaired) electrons. The third kappa shape index (κ3) is 2.61. The maximum atomic E-state index is 3.36. The molecular weight excluding hydrogens is 148 g/mol. The second kappa shape index (κ2) is 4.19. The first-order chi connectivity index (χ1) is 5.72. The van der Waals surface area contributed by atoms with Gasteiger partial charge in [-0.1, -0.05) is 11.6 Å². The summed E-state index contributed by atoms with van der Waals surface area (Å²) in [6.07, 6.45) is 6.93. The molecule has 12 heavy (non-hydrogen) atoms. The van der Waals surface area contributed by atoms with Crippen molar-refractivity contribution in [3.63, 3.8) is 0 Å². The van der Waals surface area contributed by atoms with Crippen LogP contribution in [0.15, 0.2) is 23.5 Å². The van der Waals surface area contributed by atoms with E-state index in [9.17, 15) is 0 Å². The lowest BCUT2D eigenvalue weighted by atomic mass is 10.1. The molecule has 0 amide bonds. The lowest BCUT2D eigenvalue weighted by Gasteiger charge is -2.07. The van der Waals surface area contributed by atoms with E-state index in [1.807, 2.05) is 0 Å². The average molecular weight is 166 g/mol. The van der Waals surface area contributed by atoms with Crippen LogP contribution in [0, 0.1) is 0 Å². The van der Waals surface area contributed by atoms with Crippen molar-refractivity contribution in [3.8, 4) is 0 Å². The number of rotatable bonds is 3. The number of hydrogen-bond acceptors (Lipinski definition) is 2. The van der Waals surface area contributed by atoms with Gasteiger partial charge < -0.3 is 10.6 Å². The second-order valence-electron chi connectivity index (χ2n) is 3.34. The van der Waals surface area contributed by atoms with Gasteiger partial charge in [0.2, 0.25) is 0 Å². The van der Waals surface area contributed by atoms with Gasteiger partial charge >= 0.3 is 0 Å². The smallest absolute Gasteiger partial charge is 0.0928 e. The highest BCUT2D eigenvalue weighted by molar-refractivity contribution is 5.09. The molecule has 2 nitrogen and oxygen atoms in total. The van der Waals surface area contributed by atoms with Gasteiger partial charge in [0.25, 0.3) is 0 Å². The number of allylic oxidation sites excluding steroid dienone is 3. The van der Waals surface area contributed by atoms with E-state index >= 15 is 0 Å². The monoisotopic (exact) mass is 166 g/mol. The van der Waals surface area contributed by atoms with Gasteiger partial charge in [0.1, 0.15) is 0 Å². The minimum atomic E-state index is 0.408. The van der Waals surface area contributed by atoms with Crippen LogP contribution in [0.5, 0.6) is 0 Å². The highest BCUT2D eigenvalue weighted by atomic mass is 15.2. The van der Waals surface area contributed by atoms with E-state index in [0.717, 1.165) is 12.8 Å². The van der Waals surface area contributed by atoms with E-state index in [4.69, 9.17) is 0 Å². The minimum Gasteiger partial charge on any atom is -0.370 e. The van der Waals surface area contributed by atoms with Crippen molar-refractivity contribution in [2.24, 2.45) is 0 Å². The predicted molar refractivity (Wildman–Crippen MR) is 52.5 cm³/mol. The van der Waals surface area contributed by atoms with Crippen molar-refractivity contribution >= 4 is 0 Å². The molecule has 0 saturated heterocycles. The molecule has 0 spiro atoms. The molecular formula is C10H18N2. The van der Waals surface area contributed by atoms with E-state index < -0.39 is 0 Å². The molecule has 1 atom stereocenters. The van der Waals surface area contributed by atoms with Crippen molar-refractivity contribution in [1.82, 2.24) is 10.6 Å². The van der Waals surface area contributed by atoms with Gasteiger partial charge in [0.15, 0.2) is 0 Å². The molecule has 0 aromatic carbocycles. The summed E-state index contributed by atoms with van der Waals surface area (Å²) in [5, 5.41) is 6.57. The minimum absolute atomic E-state index is 0.408. The largest absolute Gasteiger partial charge is 0.370 e. The van der Waals surface area contributed by atoms with Crippen LogP contribution < -0.4 is 10.6 Å². The molecule has 2 heteroatoms. The summed E-state index contributed by atoms with van der Waals surface area (Å²) in [6.45, 7) is 6.38. The van der Waals surface area contributed by atoms with E-state index in [2.05, 4.69) is 43.7 Å². The van der Waals surface area contributed by atoms with Crippen LogP contribution in [0.4, 0.5) is 0 Å². The maximum Gasteiger partial charge on any atom is 0.0928 e. The van der Waals surface area contributed by atoms with E-state index in [-0.39, 0.29) is 0 Å². The Kier molecular flexibility index (Phi) is 3.20. The van der Waals surface area contributed by atoms with Crippen LogP contribution in [0.1, 0.15) is 33.6 Å². The zero-order chi connectivity index (χ0) is 8.97. The van der Waals surface area contributed by atoms with Gasteiger partial charge in [-0.3, -0.25) is 0 Å². The molecule has 0 aromatic rings. The van der Waals surface area contributed by atoms with E-state index in [1.54, 1.807) is 0 Å². The third-order valence-electron chi connectivity index (χ3n) is 2.19. The van der Waals surface area contributed by atoms with Crippen LogP contribution in [0.25, 0.3) is 0 Å². The molecule has 68 valence electrons. The SMILES string of the molecule is C/C=C(\C)CCC1=CNC(C)N1. The van der Waals surface area contributed by atoms with Crippen LogP contribution in [0.3, 0.4) is 0 Å². The lowest BCUT2D eigenvalue weighted by Crippen LogP contribution is -2.27. The molecule has 1 heterocycles. The van der Waals surface area contributed by atoms with Gasteiger partial charge in [0, 0.05) is 11.9 Å².